The molecule has 3 rings (SSSR count). The fourth-order valence-corrected chi connectivity index (χ4v) is 3.66. The number of benzene rings is 2. The van der Waals surface area contributed by atoms with Gasteiger partial charge < -0.3 is 10.6 Å². The summed E-state index contributed by atoms with van der Waals surface area (Å²) in [4.78, 5) is 15.7. The Hall–Kier alpha value is -1.65. The van der Waals surface area contributed by atoms with Crippen molar-refractivity contribution in [1.82, 2.24) is 0 Å². The molecule has 1 heterocycles. The third kappa shape index (κ3) is 2.74. The fourth-order valence-electron chi connectivity index (χ4n) is 2.46. The number of fused-ring (bicyclic) bond motifs is 1. The molecular weight excluding hydrogens is 304 g/mol. The second kappa shape index (κ2) is 5.62. The lowest BCUT2D eigenvalue weighted by Gasteiger charge is -2.29. The minimum Gasteiger partial charge on any atom is -0.399 e. The molecule has 0 saturated heterocycles. The molecule has 2 aromatic rings. The van der Waals surface area contributed by atoms with Crippen LogP contribution in [0.15, 0.2) is 41.3 Å². The average molecular weight is 319 g/mol. The number of nitrogen functional groups attached to an aromatic ring is 1. The van der Waals surface area contributed by atoms with E-state index in [0.717, 1.165) is 21.9 Å². The van der Waals surface area contributed by atoms with Gasteiger partial charge >= 0.3 is 0 Å². The number of rotatable bonds is 1. The smallest absolute Gasteiger partial charge is 0.258 e. The van der Waals surface area contributed by atoms with Gasteiger partial charge in [-0.3, -0.25) is 4.79 Å². The Labute approximate surface area is 133 Å². The summed E-state index contributed by atoms with van der Waals surface area (Å²) in [6, 6.07) is 11.1. The third-order valence-electron chi connectivity index (χ3n) is 3.51. The predicted octanol–water partition coefficient (Wildman–Crippen LogP) is 3.98. The van der Waals surface area contributed by atoms with Crippen LogP contribution in [0.2, 0.25) is 5.02 Å². The van der Waals surface area contributed by atoms with Gasteiger partial charge in [-0.2, -0.15) is 0 Å². The van der Waals surface area contributed by atoms with Crippen molar-refractivity contribution in [2.24, 2.45) is 0 Å². The van der Waals surface area contributed by atoms with Gasteiger partial charge in [0, 0.05) is 33.5 Å². The van der Waals surface area contributed by atoms with E-state index in [1.165, 1.54) is 0 Å². The fraction of sp³-hybridized carbons (Fsp3) is 0.188. The summed E-state index contributed by atoms with van der Waals surface area (Å²) in [6.45, 7) is 2.58. The predicted molar refractivity (Wildman–Crippen MR) is 89.4 cm³/mol. The van der Waals surface area contributed by atoms with Crippen molar-refractivity contribution in [3.8, 4) is 0 Å². The van der Waals surface area contributed by atoms with Crippen LogP contribution in [0.5, 0.6) is 0 Å². The number of nitrogens with zero attached hydrogens (tertiary/aromatic N) is 1. The maximum Gasteiger partial charge on any atom is 0.258 e. The number of nitrogens with two attached hydrogens (primary N) is 1. The SMILES string of the molecule is Cc1cc(Cl)ccc1C(=O)N1CCSc2ccc(N)cc21. The maximum absolute atomic E-state index is 12.8. The summed E-state index contributed by atoms with van der Waals surface area (Å²) < 4.78 is 0. The zero-order valence-corrected chi connectivity index (χ0v) is 13.2. The van der Waals surface area contributed by atoms with Gasteiger partial charge in [0.1, 0.15) is 0 Å². The Balaban J connectivity index is 2.02. The highest BCUT2D eigenvalue weighted by Gasteiger charge is 2.25. The lowest BCUT2D eigenvalue weighted by atomic mass is 10.1. The molecule has 1 amide bonds. The molecule has 2 N–H and O–H groups in total. The van der Waals surface area contributed by atoms with Crippen molar-refractivity contribution in [3.63, 3.8) is 0 Å². The number of aryl methyl sites for hydroxylation is 1. The molecule has 0 fully saturated rings. The van der Waals surface area contributed by atoms with Crippen LogP contribution in [-0.4, -0.2) is 18.2 Å². The molecule has 0 spiro atoms. The Morgan fingerprint density at radius 3 is 2.86 bits per heavy atom. The van der Waals surface area contributed by atoms with Gasteiger partial charge in [-0.15, -0.1) is 11.8 Å². The molecule has 5 heteroatoms. The number of carbonyl (C=O) groups excluding carboxylic acids is 1. The molecule has 2 aromatic carbocycles. The first-order chi connectivity index (χ1) is 10.1. The number of halogens is 1. The zero-order valence-electron chi connectivity index (χ0n) is 11.6. The van der Waals surface area contributed by atoms with Crippen molar-refractivity contribution >= 4 is 40.6 Å². The maximum atomic E-state index is 12.8. The van der Waals surface area contributed by atoms with E-state index in [2.05, 4.69) is 0 Å². The number of hydrogen-bond donors (Lipinski definition) is 1. The van der Waals surface area contributed by atoms with Gasteiger partial charge in [0.15, 0.2) is 0 Å². The first-order valence-corrected chi connectivity index (χ1v) is 8.03. The van der Waals surface area contributed by atoms with E-state index in [-0.39, 0.29) is 5.91 Å². The highest BCUT2D eigenvalue weighted by atomic mass is 35.5. The summed E-state index contributed by atoms with van der Waals surface area (Å²) in [6.07, 6.45) is 0. The van der Waals surface area contributed by atoms with Crippen LogP contribution in [0.3, 0.4) is 0 Å². The highest BCUT2D eigenvalue weighted by Crippen LogP contribution is 2.37. The molecule has 0 aliphatic carbocycles. The van der Waals surface area contributed by atoms with Crippen LogP contribution in [0.4, 0.5) is 11.4 Å². The van der Waals surface area contributed by atoms with E-state index in [0.29, 0.717) is 22.8 Å². The summed E-state index contributed by atoms with van der Waals surface area (Å²) in [5.74, 6) is 0.881. The second-order valence-corrected chi connectivity index (χ2v) is 6.56. The van der Waals surface area contributed by atoms with Crippen molar-refractivity contribution in [1.29, 1.82) is 0 Å². The minimum absolute atomic E-state index is 0.00341. The molecule has 0 saturated carbocycles. The van der Waals surface area contributed by atoms with Crippen LogP contribution in [0.1, 0.15) is 15.9 Å². The van der Waals surface area contributed by atoms with Crippen molar-refractivity contribution in [3.05, 3.63) is 52.5 Å². The monoisotopic (exact) mass is 318 g/mol. The molecule has 0 radical (unpaired) electrons. The van der Waals surface area contributed by atoms with Crippen molar-refractivity contribution in [2.75, 3.05) is 22.9 Å². The summed E-state index contributed by atoms with van der Waals surface area (Å²) >= 11 is 7.71. The highest BCUT2D eigenvalue weighted by molar-refractivity contribution is 7.99. The molecule has 21 heavy (non-hydrogen) atoms. The van der Waals surface area contributed by atoms with Crippen LogP contribution in [0, 0.1) is 6.92 Å². The van der Waals surface area contributed by atoms with E-state index >= 15 is 0 Å². The number of amides is 1. The van der Waals surface area contributed by atoms with Crippen LogP contribution in [0.25, 0.3) is 0 Å². The van der Waals surface area contributed by atoms with Crippen LogP contribution < -0.4 is 10.6 Å². The largest absolute Gasteiger partial charge is 0.399 e. The summed E-state index contributed by atoms with van der Waals surface area (Å²) in [7, 11) is 0. The van der Waals surface area contributed by atoms with Crippen LogP contribution in [-0.2, 0) is 0 Å². The van der Waals surface area contributed by atoms with Gasteiger partial charge in [0.05, 0.1) is 5.69 Å². The van der Waals surface area contributed by atoms with E-state index in [1.54, 1.807) is 28.8 Å². The molecule has 0 unspecified atom stereocenters. The van der Waals surface area contributed by atoms with Crippen molar-refractivity contribution in [2.45, 2.75) is 11.8 Å². The topological polar surface area (TPSA) is 46.3 Å². The lowest BCUT2D eigenvalue weighted by molar-refractivity contribution is 0.0987. The van der Waals surface area contributed by atoms with Crippen LogP contribution >= 0.6 is 23.4 Å². The minimum atomic E-state index is -0.00341. The molecule has 1 aliphatic heterocycles. The normalized spacial score (nSPS) is 13.9. The lowest BCUT2D eigenvalue weighted by Crippen LogP contribution is -2.35. The number of carbonyl (C=O) groups is 1. The van der Waals surface area contributed by atoms with E-state index in [1.807, 2.05) is 31.2 Å². The molecule has 3 nitrogen and oxygen atoms in total. The Morgan fingerprint density at radius 1 is 1.29 bits per heavy atom. The Kier molecular flexibility index (Phi) is 3.83. The van der Waals surface area contributed by atoms with E-state index < -0.39 is 0 Å². The van der Waals surface area contributed by atoms with Gasteiger partial charge in [-0.1, -0.05) is 11.6 Å². The zero-order chi connectivity index (χ0) is 15.0. The van der Waals surface area contributed by atoms with Gasteiger partial charge in [-0.05, 0) is 48.9 Å². The van der Waals surface area contributed by atoms with Crippen molar-refractivity contribution < 1.29 is 4.79 Å². The molecule has 0 atom stereocenters. The molecule has 0 bridgehead atoms. The molecule has 108 valence electrons. The third-order valence-corrected chi connectivity index (χ3v) is 4.79. The second-order valence-electron chi connectivity index (χ2n) is 4.99. The van der Waals surface area contributed by atoms with E-state index in [9.17, 15) is 4.79 Å². The number of hydrogen-bond acceptors (Lipinski definition) is 3. The standard InChI is InChI=1S/C16H15ClN2OS/c1-10-8-11(17)2-4-13(10)16(20)19-6-7-21-15-5-3-12(18)9-14(15)19/h2-5,8-9H,6-7,18H2,1H3. The summed E-state index contributed by atoms with van der Waals surface area (Å²) in [5.41, 5.74) is 9.00. The molecule has 1 aliphatic rings. The van der Waals surface area contributed by atoms with Gasteiger partial charge in [0.25, 0.3) is 5.91 Å². The molecular formula is C16H15ClN2OS. The van der Waals surface area contributed by atoms with Gasteiger partial charge in [-0.25, -0.2) is 0 Å². The quantitative estimate of drug-likeness (QED) is 0.809. The number of anilines is 2. The number of thioether (sulfide) groups is 1. The van der Waals surface area contributed by atoms with Gasteiger partial charge in [0.2, 0.25) is 0 Å². The molecule has 0 aromatic heterocycles. The Bertz CT molecular complexity index is 717. The summed E-state index contributed by atoms with van der Waals surface area (Å²) in [5, 5.41) is 0.642. The average Bonchev–Trinajstić information content (AvgIpc) is 2.46. The Morgan fingerprint density at radius 2 is 2.10 bits per heavy atom. The first kappa shape index (κ1) is 14.3. The van der Waals surface area contributed by atoms with E-state index in [4.69, 9.17) is 17.3 Å². The first-order valence-electron chi connectivity index (χ1n) is 6.66.